The van der Waals surface area contributed by atoms with Gasteiger partial charge in [0.1, 0.15) is 0 Å². The molecule has 1 aliphatic carbocycles. The summed E-state index contributed by atoms with van der Waals surface area (Å²) in [7, 11) is 0.978. The van der Waals surface area contributed by atoms with Gasteiger partial charge in [0.15, 0.2) is 0 Å². The molecule has 0 aliphatic heterocycles. The van der Waals surface area contributed by atoms with Gasteiger partial charge in [0.25, 0.3) is 0 Å². The van der Waals surface area contributed by atoms with Crippen LogP contribution in [0.1, 0.15) is 19.3 Å². The van der Waals surface area contributed by atoms with Gasteiger partial charge in [0.2, 0.25) is 0 Å². The van der Waals surface area contributed by atoms with Crippen molar-refractivity contribution in [3.8, 4) is 0 Å². The Morgan fingerprint density at radius 3 is 2.82 bits per heavy atom. The Labute approximate surface area is 69.9 Å². The van der Waals surface area contributed by atoms with Gasteiger partial charge < -0.3 is 0 Å². The predicted octanol–water partition coefficient (Wildman–Crippen LogP) is 1.50. The zero-order valence-electron chi connectivity index (χ0n) is 6.96. The Morgan fingerprint density at radius 1 is 1.55 bits per heavy atom. The zero-order valence-corrected chi connectivity index (χ0v) is 7.78. The first kappa shape index (κ1) is 8.65. The van der Waals surface area contributed by atoms with E-state index in [9.17, 15) is 4.21 Å². The molecule has 0 aromatic heterocycles. The van der Waals surface area contributed by atoms with Crippen molar-refractivity contribution in [2.24, 2.45) is 4.99 Å². The summed E-state index contributed by atoms with van der Waals surface area (Å²) >= 11 is 0. The van der Waals surface area contributed by atoms with E-state index in [1.165, 1.54) is 5.57 Å². The fraction of sp³-hybridized carbons (Fsp3) is 0.625. The van der Waals surface area contributed by atoms with Crippen LogP contribution >= 0.6 is 0 Å². The number of allylic oxidation sites excluding steroid dienone is 1. The van der Waals surface area contributed by atoms with E-state index in [-0.39, 0.29) is 0 Å². The summed E-state index contributed by atoms with van der Waals surface area (Å²) in [5.41, 5.74) is 2.33. The number of aliphatic imine (C=N–C) groups is 1. The predicted molar refractivity (Wildman–Crippen MR) is 49.4 cm³/mol. The molecule has 0 saturated heterocycles. The molecule has 11 heavy (non-hydrogen) atoms. The lowest BCUT2D eigenvalue weighted by atomic mass is 10.2. The molecule has 3 heteroatoms. The first-order chi connectivity index (χ1) is 5.24. The third kappa shape index (κ3) is 2.26. The van der Waals surface area contributed by atoms with Crippen LogP contribution in [0.15, 0.2) is 16.0 Å². The zero-order chi connectivity index (χ0) is 8.27. The first-order valence-corrected chi connectivity index (χ1v) is 5.35. The van der Waals surface area contributed by atoms with Crippen LogP contribution in [0.2, 0.25) is 0 Å². The van der Waals surface area contributed by atoms with Gasteiger partial charge in [-0.15, -0.1) is 0 Å². The van der Waals surface area contributed by atoms with Crippen molar-refractivity contribution in [1.82, 2.24) is 0 Å². The summed E-state index contributed by atoms with van der Waals surface area (Å²) in [4.78, 5) is 4.14. The van der Waals surface area contributed by atoms with E-state index in [4.69, 9.17) is 0 Å². The standard InChI is InChI=1S/C8H13NOS/c1-9-8-5-3-4-7(8)6-11(2)10/h6H,3-5H2,1-2H3. The maximum Gasteiger partial charge on any atom is 0.0427 e. The highest BCUT2D eigenvalue weighted by atomic mass is 32.2. The lowest BCUT2D eigenvalue weighted by Gasteiger charge is -1.95. The minimum atomic E-state index is -0.821. The van der Waals surface area contributed by atoms with Crippen molar-refractivity contribution < 1.29 is 4.21 Å². The smallest absolute Gasteiger partial charge is 0.0427 e. The molecule has 1 atom stereocenters. The van der Waals surface area contributed by atoms with Gasteiger partial charge in [-0.3, -0.25) is 9.20 Å². The van der Waals surface area contributed by atoms with Crippen LogP contribution in [0, 0.1) is 0 Å². The Hall–Kier alpha value is -0.440. The van der Waals surface area contributed by atoms with E-state index in [2.05, 4.69) is 4.99 Å². The summed E-state index contributed by atoms with van der Waals surface area (Å²) in [5, 5.41) is 1.81. The van der Waals surface area contributed by atoms with Gasteiger partial charge in [0, 0.05) is 35.2 Å². The molecule has 0 radical (unpaired) electrons. The highest BCUT2D eigenvalue weighted by Crippen LogP contribution is 2.21. The van der Waals surface area contributed by atoms with Crippen LogP contribution in [0.25, 0.3) is 0 Å². The highest BCUT2D eigenvalue weighted by molar-refractivity contribution is 7.87. The lowest BCUT2D eigenvalue weighted by Crippen LogP contribution is -1.94. The summed E-state index contributed by atoms with van der Waals surface area (Å²) < 4.78 is 10.8. The largest absolute Gasteiger partial charge is 0.293 e. The van der Waals surface area contributed by atoms with Crippen LogP contribution in [0.5, 0.6) is 0 Å². The summed E-state index contributed by atoms with van der Waals surface area (Å²) in [6, 6.07) is 0. The number of nitrogens with zero attached hydrogens (tertiary/aromatic N) is 1. The molecule has 1 fully saturated rings. The number of hydrogen-bond donors (Lipinski definition) is 0. The molecule has 0 amide bonds. The molecule has 0 aromatic carbocycles. The van der Waals surface area contributed by atoms with Gasteiger partial charge in [-0.2, -0.15) is 0 Å². The van der Waals surface area contributed by atoms with E-state index < -0.39 is 10.8 Å². The lowest BCUT2D eigenvalue weighted by molar-refractivity contribution is 0.691. The molecular weight excluding hydrogens is 158 g/mol. The molecule has 0 spiro atoms. The van der Waals surface area contributed by atoms with Crippen LogP contribution in [-0.4, -0.2) is 23.2 Å². The maximum absolute atomic E-state index is 10.8. The molecule has 1 saturated carbocycles. The van der Waals surface area contributed by atoms with Gasteiger partial charge in [0.05, 0.1) is 0 Å². The molecule has 1 aliphatic rings. The molecule has 0 N–H and O–H groups in total. The van der Waals surface area contributed by atoms with Crippen LogP contribution < -0.4 is 0 Å². The summed E-state index contributed by atoms with van der Waals surface area (Å²) in [6.45, 7) is 0. The second-order valence-electron chi connectivity index (χ2n) is 2.67. The fourth-order valence-corrected chi connectivity index (χ4v) is 1.99. The minimum absolute atomic E-state index is 0.821. The Balaban J connectivity index is 2.79. The number of hydrogen-bond acceptors (Lipinski definition) is 2. The van der Waals surface area contributed by atoms with E-state index >= 15 is 0 Å². The SMILES string of the molecule is CN=C1CCCC1=CS(C)=O. The average molecular weight is 171 g/mol. The molecule has 2 nitrogen and oxygen atoms in total. The van der Waals surface area contributed by atoms with Gasteiger partial charge in [-0.1, -0.05) is 0 Å². The summed E-state index contributed by atoms with van der Waals surface area (Å²) in [5.74, 6) is 0. The Bertz CT molecular complexity index is 230. The topological polar surface area (TPSA) is 29.4 Å². The molecule has 0 bridgehead atoms. The fourth-order valence-electron chi connectivity index (χ4n) is 1.33. The van der Waals surface area contributed by atoms with Crippen LogP contribution in [-0.2, 0) is 10.8 Å². The van der Waals surface area contributed by atoms with Gasteiger partial charge in [-0.25, -0.2) is 0 Å². The van der Waals surface area contributed by atoms with Crippen molar-refractivity contribution in [1.29, 1.82) is 0 Å². The summed E-state index contributed by atoms with van der Waals surface area (Å²) in [6.07, 6.45) is 4.96. The van der Waals surface area contributed by atoms with Crippen molar-refractivity contribution >= 4 is 16.5 Å². The average Bonchev–Trinajstić information content (AvgIpc) is 2.34. The van der Waals surface area contributed by atoms with E-state index in [1.54, 1.807) is 13.3 Å². The Kier molecular flexibility index (Phi) is 3.00. The van der Waals surface area contributed by atoms with Gasteiger partial charge >= 0.3 is 0 Å². The molecule has 1 rings (SSSR count). The minimum Gasteiger partial charge on any atom is -0.293 e. The third-order valence-corrected chi connectivity index (χ3v) is 2.42. The second-order valence-corrected chi connectivity index (χ2v) is 3.90. The second kappa shape index (κ2) is 3.81. The highest BCUT2D eigenvalue weighted by Gasteiger charge is 2.14. The molecular formula is C8H13NOS. The molecule has 0 heterocycles. The Morgan fingerprint density at radius 2 is 2.27 bits per heavy atom. The van der Waals surface area contributed by atoms with Crippen LogP contribution in [0.3, 0.4) is 0 Å². The first-order valence-electron chi connectivity index (χ1n) is 3.73. The van der Waals surface area contributed by atoms with E-state index in [0.717, 1.165) is 25.0 Å². The number of rotatable bonds is 1. The van der Waals surface area contributed by atoms with Crippen molar-refractivity contribution in [2.75, 3.05) is 13.3 Å². The quantitative estimate of drug-likeness (QED) is 0.588. The van der Waals surface area contributed by atoms with Gasteiger partial charge in [-0.05, 0) is 24.8 Å². The van der Waals surface area contributed by atoms with E-state index in [1.807, 2.05) is 5.41 Å². The normalized spacial score (nSPS) is 28.2. The third-order valence-electron chi connectivity index (χ3n) is 1.81. The maximum atomic E-state index is 10.8. The van der Waals surface area contributed by atoms with Crippen molar-refractivity contribution in [3.05, 3.63) is 11.0 Å². The molecule has 62 valence electrons. The van der Waals surface area contributed by atoms with Crippen molar-refractivity contribution in [3.63, 3.8) is 0 Å². The molecule has 0 aromatic rings. The van der Waals surface area contributed by atoms with Crippen molar-refractivity contribution in [2.45, 2.75) is 19.3 Å². The van der Waals surface area contributed by atoms with Crippen LogP contribution in [0.4, 0.5) is 0 Å². The van der Waals surface area contributed by atoms with E-state index in [0.29, 0.717) is 0 Å². The monoisotopic (exact) mass is 171 g/mol. The molecule has 1 unspecified atom stereocenters.